The number of carbonyl (C=O) groups excluding carboxylic acids is 2. The van der Waals surface area contributed by atoms with Crippen LogP contribution in [0.1, 0.15) is 40.0 Å². The fourth-order valence-corrected chi connectivity index (χ4v) is 2.12. The van der Waals surface area contributed by atoms with Crippen LogP contribution in [-0.2, 0) is 9.53 Å². The van der Waals surface area contributed by atoms with Crippen molar-refractivity contribution < 1.29 is 14.3 Å². The second kappa shape index (κ2) is 7.48. The summed E-state index contributed by atoms with van der Waals surface area (Å²) >= 11 is 0. The zero-order chi connectivity index (χ0) is 14.3. The third-order valence-electron chi connectivity index (χ3n) is 3.14. The standard InChI is InChI=1S/C14H26N2O3/c1-14(2,3)19-13(18)15-7-4-8-16-9-5-12(11-17)6-10-16/h11-12H,4-10H2,1-3H3,(H,15,18). The third-order valence-corrected chi connectivity index (χ3v) is 3.14. The molecule has 1 heterocycles. The summed E-state index contributed by atoms with van der Waals surface area (Å²) in [6.07, 6.45) is 3.55. The highest BCUT2D eigenvalue weighted by Crippen LogP contribution is 2.14. The highest BCUT2D eigenvalue weighted by molar-refractivity contribution is 5.67. The second-order valence-corrected chi connectivity index (χ2v) is 6.10. The highest BCUT2D eigenvalue weighted by Gasteiger charge is 2.18. The van der Waals surface area contributed by atoms with Gasteiger partial charge in [0.25, 0.3) is 0 Å². The fraction of sp³-hybridized carbons (Fsp3) is 0.857. The van der Waals surface area contributed by atoms with Crippen molar-refractivity contribution in [1.82, 2.24) is 10.2 Å². The Hall–Kier alpha value is -1.10. The van der Waals surface area contributed by atoms with Gasteiger partial charge in [-0.15, -0.1) is 0 Å². The zero-order valence-corrected chi connectivity index (χ0v) is 12.3. The molecule has 0 atom stereocenters. The number of alkyl carbamates (subject to hydrolysis) is 1. The topological polar surface area (TPSA) is 58.6 Å². The molecule has 0 saturated carbocycles. The van der Waals surface area contributed by atoms with Gasteiger partial charge in [0.2, 0.25) is 0 Å². The van der Waals surface area contributed by atoms with Crippen molar-refractivity contribution in [1.29, 1.82) is 0 Å². The van der Waals surface area contributed by atoms with Crippen molar-refractivity contribution in [2.75, 3.05) is 26.2 Å². The molecule has 5 nitrogen and oxygen atoms in total. The van der Waals surface area contributed by atoms with E-state index < -0.39 is 5.60 Å². The van der Waals surface area contributed by atoms with Crippen LogP contribution in [0, 0.1) is 5.92 Å². The van der Waals surface area contributed by atoms with E-state index in [2.05, 4.69) is 10.2 Å². The van der Waals surface area contributed by atoms with E-state index in [1.54, 1.807) is 0 Å². The van der Waals surface area contributed by atoms with Crippen molar-refractivity contribution in [2.45, 2.75) is 45.6 Å². The molecule has 0 aromatic heterocycles. The van der Waals surface area contributed by atoms with Crippen molar-refractivity contribution in [2.24, 2.45) is 5.92 Å². The van der Waals surface area contributed by atoms with Crippen LogP contribution in [0.2, 0.25) is 0 Å². The normalized spacial score (nSPS) is 18.1. The first-order valence-electron chi connectivity index (χ1n) is 7.05. The predicted octanol–water partition coefficient (Wildman–Crippen LogP) is 1.81. The minimum absolute atomic E-state index is 0.246. The lowest BCUT2D eigenvalue weighted by Gasteiger charge is -2.29. The molecule has 0 bridgehead atoms. The molecule has 0 aromatic rings. The van der Waals surface area contributed by atoms with Gasteiger partial charge in [0.15, 0.2) is 0 Å². The molecular formula is C14H26N2O3. The molecule has 1 saturated heterocycles. The van der Waals surface area contributed by atoms with Crippen molar-refractivity contribution in [3.8, 4) is 0 Å². The Bertz CT molecular complexity index is 292. The maximum Gasteiger partial charge on any atom is 0.407 e. The monoisotopic (exact) mass is 270 g/mol. The van der Waals surface area contributed by atoms with Crippen LogP contribution < -0.4 is 5.32 Å². The number of hydrogen-bond donors (Lipinski definition) is 1. The van der Waals surface area contributed by atoms with Gasteiger partial charge in [0.1, 0.15) is 11.9 Å². The van der Waals surface area contributed by atoms with Crippen molar-refractivity contribution in [3.63, 3.8) is 0 Å². The Kier molecular flexibility index (Phi) is 6.28. The SMILES string of the molecule is CC(C)(C)OC(=O)NCCCN1CCC(C=O)CC1. The van der Waals surface area contributed by atoms with E-state index in [4.69, 9.17) is 4.74 Å². The number of aldehydes is 1. The van der Waals surface area contributed by atoms with Gasteiger partial charge < -0.3 is 19.7 Å². The average Bonchev–Trinajstić information content (AvgIpc) is 2.33. The lowest BCUT2D eigenvalue weighted by atomic mass is 9.98. The number of nitrogens with zero attached hydrogens (tertiary/aromatic N) is 1. The number of amides is 1. The molecule has 1 amide bonds. The Morgan fingerprint density at radius 3 is 2.53 bits per heavy atom. The molecule has 0 spiro atoms. The molecule has 1 N–H and O–H groups in total. The molecule has 1 aliphatic rings. The number of carbonyl (C=O) groups is 2. The highest BCUT2D eigenvalue weighted by atomic mass is 16.6. The Balaban J connectivity index is 2.05. The molecule has 5 heteroatoms. The summed E-state index contributed by atoms with van der Waals surface area (Å²) in [6, 6.07) is 0. The van der Waals surface area contributed by atoms with Gasteiger partial charge in [0.05, 0.1) is 0 Å². The molecule has 0 unspecified atom stereocenters. The molecule has 0 radical (unpaired) electrons. The van der Waals surface area contributed by atoms with E-state index >= 15 is 0 Å². The molecule has 19 heavy (non-hydrogen) atoms. The van der Waals surface area contributed by atoms with Crippen LogP contribution >= 0.6 is 0 Å². The van der Waals surface area contributed by atoms with Gasteiger partial charge in [0, 0.05) is 12.5 Å². The van der Waals surface area contributed by atoms with E-state index in [1.165, 1.54) is 0 Å². The molecule has 110 valence electrons. The Labute approximate surface area is 115 Å². The Morgan fingerprint density at radius 2 is 2.00 bits per heavy atom. The quantitative estimate of drug-likeness (QED) is 0.611. The Morgan fingerprint density at radius 1 is 1.37 bits per heavy atom. The van der Waals surface area contributed by atoms with Crippen LogP contribution in [0.4, 0.5) is 4.79 Å². The van der Waals surface area contributed by atoms with Gasteiger partial charge in [-0.1, -0.05) is 0 Å². The van der Waals surface area contributed by atoms with Crippen LogP contribution in [-0.4, -0.2) is 49.1 Å². The number of rotatable bonds is 5. The van der Waals surface area contributed by atoms with E-state index in [1.807, 2.05) is 20.8 Å². The fourth-order valence-electron chi connectivity index (χ4n) is 2.12. The summed E-state index contributed by atoms with van der Waals surface area (Å²) < 4.78 is 5.16. The summed E-state index contributed by atoms with van der Waals surface area (Å²) in [7, 11) is 0. The van der Waals surface area contributed by atoms with Crippen LogP contribution in [0.15, 0.2) is 0 Å². The molecule has 1 rings (SSSR count). The lowest BCUT2D eigenvalue weighted by Crippen LogP contribution is -2.37. The van der Waals surface area contributed by atoms with Crippen molar-refractivity contribution in [3.05, 3.63) is 0 Å². The van der Waals surface area contributed by atoms with Gasteiger partial charge >= 0.3 is 6.09 Å². The summed E-state index contributed by atoms with van der Waals surface area (Å²) in [5, 5.41) is 2.75. The van der Waals surface area contributed by atoms with Gasteiger partial charge in [-0.2, -0.15) is 0 Å². The van der Waals surface area contributed by atoms with E-state index in [0.29, 0.717) is 6.54 Å². The number of hydrogen-bond acceptors (Lipinski definition) is 4. The molecule has 0 aromatic carbocycles. The third kappa shape index (κ3) is 7.15. The number of ether oxygens (including phenoxy) is 1. The van der Waals surface area contributed by atoms with Crippen LogP contribution in [0.3, 0.4) is 0 Å². The smallest absolute Gasteiger partial charge is 0.407 e. The largest absolute Gasteiger partial charge is 0.444 e. The predicted molar refractivity (Wildman–Crippen MR) is 74.1 cm³/mol. The summed E-state index contributed by atoms with van der Waals surface area (Å²) in [5.74, 6) is 0.246. The van der Waals surface area contributed by atoms with Crippen molar-refractivity contribution >= 4 is 12.4 Å². The minimum atomic E-state index is -0.444. The number of nitrogens with one attached hydrogen (secondary N) is 1. The number of piperidine rings is 1. The average molecular weight is 270 g/mol. The van der Waals surface area contributed by atoms with E-state index in [-0.39, 0.29) is 12.0 Å². The summed E-state index contributed by atoms with van der Waals surface area (Å²) in [4.78, 5) is 24.4. The second-order valence-electron chi connectivity index (χ2n) is 6.10. The molecule has 1 aliphatic heterocycles. The maximum atomic E-state index is 11.4. The lowest BCUT2D eigenvalue weighted by molar-refractivity contribution is -0.112. The molecule has 0 aliphatic carbocycles. The number of likely N-dealkylation sites (tertiary alicyclic amines) is 1. The van der Waals surface area contributed by atoms with Gasteiger partial charge in [-0.25, -0.2) is 4.79 Å². The van der Waals surface area contributed by atoms with E-state index in [0.717, 1.165) is 45.2 Å². The van der Waals surface area contributed by atoms with Gasteiger partial charge in [-0.3, -0.25) is 0 Å². The van der Waals surface area contributed by atoms with Gasteiger partial charge in [-0.05, 0) is 59.7 Å². The first-order chi connectivity index (χ1) is 8.90. The molecular weight excluding hydrogens is 244 g/mol. The van der Waals surface area contributed by atoms with Crippen LogP contribution in [0.5, 0.6) is 0 Å². The van der Waals surface area contributed by atoms with Crippen LogP contribution in [0.25, 0.3) is 0 Å². The first kappa shape index (κ1) is 16.0. The maximum absolute atomic E-state index is 11.4. The zero-order valence-electron chi connectivity index (χ0n) is 12.3. The molecule has 1 fully saturated rings. The summed E-state index contributed by atoms with van der Waals surface area (Å²) in [6.45, 7) is 9.10. The first-order valence-corrected chi connectivity index (χ1v) is 7.05. The summed E-state index contributed by atoms with van der Waals surface area (Å²) in [5.41, 5.74) is -0.444. The van der Waals surface area contributed by atoms with E-state index in [9.17, 15) is 9.59 Å². The minimum Gasteiger partial charge on any atom is -0.444 e.